The van der Waals surface area contributed by atoms with Crippen LogP contribution >= 0.6 is 15.9 Å². The SMILES string of the molecule is NCCCC(=O)c1ccccc1Br. The Morgan fingerprint density at radius 1 is 1.38 bits per heavy atom. The average molecular weight is 242 g/mol. The molecule has 0 aliphatic rings. The summed E-state index contributed by atoms with van der Waals surface area (Å²) in [5.41, 5.74) is 6.08. The van der Waals surface area contributed by atoms with Gasteiger partial charge in [-0.2, -0.15) is 0 Å². The molecule has 1 aromatic carbocycles. The van der Waals surface area contributed by atoms with Crippen molar-refractivity contribution in [2.24, 2.45) is 5.73 Å². The molecule has 2 N–H and O–H groups in total. The van der Waals surface area contributed by atoms with Gasteiger partial charge in [-0.3, -0.25) is 4.79 Å². The minimum atomic E-state index is 0.151. The number of ketones is 1. The van der Waals surface area contributed by atoms with Gasteiger partial charge in [0.25, 0.3) is 0 Å². The molecule has 0 atom stereocenters. The highest BCUT2D eigenvalue weighted by Crippen LogP contribution is 2.17. The molecular formula is C10H12BrNO. The van der Waals surface area contributed by atoms with Crippen molar-refractivity contribution >= 4 is 21.7 Å². The molecule has 70 valence electrons. The van der Waals surface area contributed by atoms with Crippen molar-refractivity contribution in [2.75, 3.05) is 6.54 Å². The standard InChI is InChI=1S/C10H12BrNO/c11-9-5-2-1-4-8(9)10(13)6-3-7-12/h1-2,4-5H,3,6-7,12H2. The van der Waals surface area contributed by atoms with E-state index >= 15 is 0 Å². The van der Waals surface area contributed by atoms with Gasteiger partial charge < -0.3 is 5.73 Å². The lowest BCUT2D eigenvalue weighted by Crippen LogP contribution is -2.05. The minimum Gasteiger partial charge on any atom is -0.330 e. The number of halogens is 1. The predicted molar refractivity (Wildman–Crippen MR) is 56.8 cm³/mol. The van der Waals surface area contributed by atoms with Crippen molar-refractivity contribution in [1.29, 1.82) is 0 Å². The number of hydrogen-bond acceptors (Lipinski definition) is 2. The van der Waals surface area contributed by atoms with Crippen LogP contribution in [0.15, 0.2) is 28.7 Å². The molecule has 0 unspecified atom stereocenters. The molecule has 0 aliphatic carbocycles. The normalized spacial score (nSPS) is 10.0. The fourth-order valence-electron chi connectivity index (χ4n) is 1.08. The highest BCUT2D eigenvalue weighted by molar-refractivity contribution is 9.10. The molecule has 0 aliphatic heterocycles. The molecule has 0 radical (unpaired) electrons. The van der Waals surface area contributed by atoms with Gasteiger partial charge in [0.05, 0.1) is 0 Å². The van der Waals surface area contributed by atoms with Gasteiger partial charge in [0.1, 0.15) is 0 Å². The minimum absolute atomic E-state index is 0.151. The second-order valence-electron chi connectivity index (χ2n) is 2.80. The Morgan fingerprint density at radius 2 is 2.08 bits per heavy atom. The van der Waals surface area contributed by atoms with E-state index in [4.69, 9.17) is 5.73 Å². The third kappa shape index (κ3) is 2.94. The molecule has 13 heavy (non-hydrogen) atoms. The van der Waals surface area contributed by atoms with E-state index in [9.17, 15) is 4.79 Å². The highest BCUT2D eigenvalue weighted by Gasteiger charge is 2.07. The fourth-order valence-corrected chi connectivity index (χ4v) is 1.59. The molecule has 0 saturated carbocycles. The Morgan fingerprint density at radius 3 is 2.69 bits per heavy atom. The summed E-state index contributed by atoms with van der Waals surface area (Å²) in [4.78, 5) is 11.5. The van der Waals surface area contributed by atoms with E-state index < -0.39 is 0 Å². The van der Waals surface area contributed by atoms with Gasteiger partial charge in [-0.15, -0.1) is 0 Å². The molecule has 0 fully saturated rings. The number of carbonyl (C=O) groups excluding carboxylic acids is 1. The lowest BCUT2D eigenvalue weighted by atomic mass is 10.1. The second-order valence-corrected chi connectivity index (χ2v) is 3.65. The molecule has 1 aromatic rings. The van der Waals surface area contributed by atoms with E-state index in [2.05, 4.69) is 15.9 Å². The maximum Gasteiger partial charge on any atom is 0.164 e. The van der Waals surface area contributed by atoms with Crippen molar-refractivity contribution in [2.45, 2.75) is 12.8 Å². The zero-order chi connectivity index (χ0) is 9.68. The quantitative estimate of drug-likeness (QED) is 0.823. The molecule has 0 spiro atoms. The molecular weight excluding hydrogens is 230 g/mol. The summed E-state index contributed by atoms with van der Waals surface area (Å²) >= 11 is 3.34. The van der Waals surface area contributed by atoms with Crippen LogP contribution in [0.25, 0.3) is 0 Å². The van der Waals surface area contributed by atoms with Gasteiger partial charge in [0.15, 0.2) is 5.78 Å². The van der Waals surface area contributed by atoms with E-state index in [1.54, 1.807) is 0 Å². The molecule has 0 heterocycles. The summed E-state index contributed by atoms with van der Waals surface area (Å²) in [5, 5.41) is 0. The molecule has 0 saturated heterocycles. The number of nitrogens with two attached hydrogens (primary N) is 1. The Balaban J connectivity index is 2.71. The van der Waals surface area contributed by atoms with Crippen LogP contribution in [0.5, 0.6) is 0 Å². The summed E-state index contributed by atoms with van der Waals surface area (Å²) in [7, 11) is 0. The van der Waals surface area contributed by atoms with Crippen LogP contribution in [-0.4, -0.2) is 12.3 Å². The first-order valence-electron chi connectivity index (χ1n) is 4.23. The maximum atomic E-state index is 11.5. The summed E-state index contributed by atoms with van der Waals surface area (Å²) in [6.45, 7) is 0.566. The summed E-state index contributed by atoms with van der Waals surface area (Å²) < 4.78 is 0.858. The molecule has 1 rings (SSSR count). The number of benzene rings is 1. The second kappa shape index (κ2) is 5.14. The topological polar surface area (TPSA) is 43.1 Å². The zero-order valence-electron chi connectivity index (χ0n) is 7.29. The van der Waals surface area contributed by atoms with E-state index in [-0.39, 0.29) is 5.78 Å². The third-order valence-electron chi connectivity index (χ3n) is 1.78. The number of rotatable bonds is 4. The van der Waals surface area contributed by atoms with Crippen molar-refractivity contribution in [3.63, 3.8) is 0 Å². The maximum absolute atomic E-state index is 11.5. The highest BCUT2D eigenvalue weighted by atomic mass is 79.9. The van der Waals surface area contributed by atoms with Gasteiger partial charge >= 0.3 is 0 Å². The Bertz CT molecular complexity index is 299. The van der Waals surface area contributed by atoms with Gasteiger partial charge in [0.2, 0.25) is 0 Å². The largest absolute Gasteiger partial charge is 0.330 e. The van der Waals surface area contributed by atoms with Crippen LogP contribution < -0.4 is 5.73 Å². The average Bonchev–Trinajstić information content (AvgIpc) is 2.15. The van der Waals surface area contributed by atoms with Crippen LogP contribution in [0.3, 0.4) is 0 Å². The predicted octanol–water partition coefficient (Wildman–Crippen LogP) is 2.37. The van der Waals surface area contributed by atoms with Crippen LogP contribution in [-0.2, 0) is 0 Å². The molecule has 2 nitrogen and oxygen atoms in total. The van der Waals surface area contributed by atoms with Crippen molar-refractivity contribution in [3.05, 3.63) is 34.3 Å². The van der Waals surface area contributed by atoms with E-state index in [1.165, 1.54) is 0 Å². The van der Waals surface area contributed by atoms with Gasteiger partial charge in [-0.25, -0.2) is 0 Å². The van der Waals surface area contributed by atoms with Gasteiger partial charge in [-0.05, 0) is 19.0 Å². The summed E-state index contributed by atoms with van der Waals surface area (Å²) in [6, 6.07) is 7.45. The van der Waals surface area contributed by atoms with E-state index in [0.29, 0.717) is 13.0 Å². The smallest absolute Gasteiger partial charge is 0.164 e. The Kier molecular flexibility index (Phi) is 4.12. The Hall–Kier alpha value is -0.670. The number of carbonyl (C=O) groups is 1. The zero-order valence-corrected chi connectivity index (χ0v) is 8.88. The lowest BCUT2D eigenvalue weighted by molar-refractivity contribution is 0.0980. The molecule has 0 aromatic heterocycles. The van der Waals surface area contributed by atoms with Crippen LogP contribution in [0, 0.1) is 0 Å². The molecule has 0 amide bonds. The van der Waals surface area contributed by atoms with Crippen LogP contribution in [0.1, 0.15) is 23.2 Å². The van der Waals surface area contributed by atoms with E-state index in [1.807, 2.05) is 24.3 Å². The number of Topliss-reactive ketones (excluding diaryl/α,β-unsaturated/α-hetero) is 1. The van der Waals surface area contributed by atoms with Crippen molar-refractivity contribution < 1.29 is 4.79 Å². The third-order valence-corrected chi connectivity index (χ3v) is 2.47. The summed E-state index contributed by atoms with van der Waals surface area (Å²) in [6.07, 6.45) is 1.28. The Labute approximate surface area is 86.3 Å². The van der Waals surface area contributed by atoms with Crippen LogP contribution in [0.2, 0.25) is 0 Å². The molecule has 3 heteroatoms. The van der Waals surface area contributed by atoms with Gasteiger partial charge in [0, 0.05) is 16.5 Å². The molecule has 0 bridgehead atoms. The number of hydrogen-bond donors (Lipinski definition) is 1. The first-order valence-corrected chi connectivity index (χ1v) is 5.03. The van der Waals surface area contributed by atoms with Crippen molar-refractivity contribution in [3.8, 4) is 0 Å². The summed E-state index contributed by atoms with van der Waals surface area (Å²) in [5.74, 6) is 0.151. The first-order chi connectivity index (χ1) is 6.25. The fraction of sp³-hybridized carbons (Fsp3) is 0.300. The van der Waals surface area contributed by atoms with Gasteiger partial charge in [-0.1, -0.05) is 34.1 Å². The van der Waals surface area contributed by atoms with Crippen molar-refractivity contribution in [1.82, 2.24) is 0 Å². The van der Waals surface area contributed by atoms with Crippen LogP contribution in [0.4, 0.5) is 0 Å². The lowest BCUT2D eigenvalue weighted by Gasteiger charge is -2.01. The van der Waals surface area contributed by atoms with E-state index in [0.717, 1.165) is 16.5 Å². The monoisotopic (exact) mass is 241 g/mol. The first kappa shape index (κ1) is 10.4.